The molecule has 0 aromatic heterocycles. The van der Waals surface area contributed by atoms with Crippen LogP contribution in [0.15, 0.2) is 0 Å². The molecule has 1 aliphatic heterocycles. The van der Waals surface area contributed by atoms with Crippen LogP contribution in [0.3, 0.4) is 0 Å². The minimum absolute atomic E-state index is 0.144. The molecule has 15 heavy (non-hydrogen) atoms. The van der Waals surface area contributed by atoms with Gasteiger partial charge in [-0.3, -0.25) is 0 Å². The summed E-state index contributed by atoms with van der Waals surface area (Å²) >= 11 is 0. The molecule has 86 valence electrons. The van der Waals surface area contributed by atoms with Gasteiger partial charge in [-0.2, -0.15) is 5.26 Å². The summed E-state index contributed by atoms with van der Waals surface area (Å²) in [5.74, 6) is 0.851. The van der Waals surface area contributed by atoms with Gasteiger partial charge in [0.2, 0.25) is 0 Å². The van der Waals surface area contributed by atoms with Crippen LogP contribution >= 0.6 is 0 Å². The lowest BCUT2D eigenvalue weighted by Crippen LogP contribution is -2.28. The highest BCUT2D eigenvalue weighted by atomic mass is 15.2. The van der Waals surface area contributed by atoms with Crippen molar-refractivity contribution in [2.24, 2.45) is 11.3 Å². The summed E-state index contributed by atoms with van der Waals surface area (Å²) in [5, 5.41) is 8.92. The van der Waals surface area contributed by atoms with Gasteiger partial charge in [-0.05, 0) is 52.5 Å². The molecule has 2 heteroatoms. The zero-order valence-corrected chi connectivity index (χ0v) is 10.6. The number of nitrogens with zero attached hydrogens (tertiary/aromatic N) is 2. The molecule has 1 fully saturated rings. The monoisotopic (exact) mass is 208 g/mol. The maximum Gasteiger partial charge on any atom is 0.0683 e. The van der Waals surface area contributed by atoms with E-state index in [4.69, 9.17) is 5.26 Å². The van der Waals surface area contributed by atoms with Crippen molar-refractivity contribution >= 4 is 0 Å². The van der Waals surface area contributed by atoms with Gasteiger partial charge in [0, 0.05) is 12.6 Å². The van der Waals surface area contributed by atoms with E-state index in [9.17, 15) is 0 Å². The van der Waals surface area contributed by atoms with Crippen LogP contribution in [0.2, 0.25) is 0 Å². The molecule has 1 heterocycles. The van der Waals surface area contributed by atoms with Crippen molar-refractivity contribution in [3.8, 4) is 6.07 Å². The number of hydrogen-bond donors (Lipinski definition) is 0. The van der Waals surface area contributed by atoms with Crippen molar-refractivity contribution < 1.29 is 0 Å². The number of rotatable bonds is 4. The summed E-state index contributed by atoms with van der Waals surface area (Å²) in [6.45, 7) is 11.1. The second-order valence-corrected chi connectivity index (χ2v) is 5.78. The number of hydrogen-bond acceptors (Lipinski definition) is 2. The molecule has 0 aromatic rings. The molecule has 2 nitrogen and oxygen atoms in total. The fraction of sp³-hybridized carbons (Fsp3) is 0.923. The van der Waals surface area contributed by atoms with Crippen molar-refractivity contribution in [2.75, 3.05) is 13.1 Å². The maximum absolute atomic E-state index is 8.92. The normalized spacial score (nSPS) is 27.9. The molecule has 0 aliphatic carbocycles. The largest absolute Gasteiger partial charge is 0.300 e. The van der Waals surface area contributed by atoms with Crippen LogP contribution in [0, 0.1) is 22.7 Å². The third kappa shape index (κ3) is 3.83. The SMILES string of the molecule is CC1CC(C)N(CCCC(C)(C)C#N)C1. The van der Waals surface area contributed by atoms with Gasteiger partial charge in [0.25, 0.3) is 0 Å². The molecule has 0 N–H and O–H groups in total. The van der Waals surface area contributed by atoms with E-state index in [1.165, 1.54) is 13.0 Å². The Hall–Kier alpha value is -0.550. The molecule has 1 aliphatic rings. The minimum atomic E-state index is -0.144. The van der Waals surface area contributed by atoms with Crippen molar-refractivity contribution in [1.82, 2.24) is 4.90 Å². The molecule has 2 atom stereocenters. The lowest BCUT2D eigenvalue weighted by Gasteiger charge is -2.22. The zero-order chi connectivity index (χ0) is 11.5. The first-order valence-electron chi connectivity index (χ1n) is 6.10. The molecule has 2 unspecified atom stereocenters. The Labute approximate surface area is 94.3 Å². The summed E-state index contributed by atoms with van der Waals surface area (Å²) in [5.41, 5.74) is -0.144. The van der Waals surface area contributed by atoms with Crippen LogP contribution in [0.1, 0.15) is 47.0 Å². The molecule has 0 bridgehead atoms. The zero-order valence-electron chi connectivity index (χ0n) is 10.6. The van der Waals surface area contributed by atoms with E-state index in [0.717, 1.165) is 31.3 Å². The Balaban J connectivity index is 2.24. The summed E-state index contributed by atoms with van der Waals surface area (Å²) in [4.78, 5) is 2.57. The first kappa shape index (κ1) is 12.5. The molecule has 1 saturated heterocycles. The highest BCUT2D eigenvalue weighted by Gasteiger charge is 2.26. The van der Waals surface area contributed by atoms with Gasteiger partial charge in [-0.15, -0.1) is 0 Å². The quantitative estimate of drug-likeness (QED) is 0.710. The standard InChI is InChI=1S/C13H24N2/c1-11-8-12(2)15(9-11)7-5-6-13(3,4)10-14/h11-12H,5-9H2,1-4H3. The van der Waals surface area contributed by atoms with Crippen molar-refractivity contribution in [3.63, 3.8) is 0 Å². The second-order valence-electron chi connectivity index (χ2n) is 5.78. The highest BCUT2D eigenvalue weighted by molar-refractivity contribution is 4.91. The van der Waals surface area contributed by atoms with Gasteiger partial charge < -0.3 is 4.90 Å². The molecule has 1 rings (SSSR count). The summed E-state index contributed by atoms with van der Waals surface area (Å²) in [6, 6.07) is 3.11. The van der Waals surface area contributed by atoms with Crippen molar-refractivity contribution in [3.05, 3.63) is 0 Å². The van der Waals surface area contributed by atoms with E-state index in [2.05, 4.69) is 24.8 Å². The van der Waals surface area contributed by atoms with Crippen LogP contribution in [-0.2, 0) is 0 Å². The van der Waals surface area contributed by atoms with Crippen LogP contribution in [-0.4, -0.2) is 24.0 Å². The van der Waals surface area contributed by atoms with Crippen molar-refractivity contribution in [2.45, 2.75) is 53.0 Å². The van der Waals surface area contributed by atoms with Gasteiger partial charge in [-0.1, -0.05) is 6.92 Å². The predicted octanol–water partition coefficient (Wildman–Crippen LogP) is 3.05. The first-order valence-corrected chi connectivity index (χ1v) is 6.10. The number of nitriles is 1. The topological polar surface area (TPSA) is 27.0 Å². The van der Waals surface area contributed by atoms with Crippen molar-refractivity contribution in [1.29, 1.82) is 5.26 Å². The van der Waals surface area contributed by atoms with Gasteiger partial charge in [0.1, 0.15) is 0 Å². The fourth-order valence-corrected chi connectivity index (χ4v) is 2.48. The Morgan fingerprint density at radius 1 is 1.40 bits per heavy atom. The van der Waals surface area contributed by atoms with Gasteiger partial charge in [-0.25, -0.2) is 0 Å². The van der Waals surface area contributed by atoms with Crippen LogP contribution < -0.4 is 0 Å². The fourth-order valence-electron chi connectivity index (χ4n) is 2.48. The second kappa shape index (κ2) is 4.99. The molecule has 0 amide bonds. The van der Waals surface area contributed by atoms with E-state index < -0.39 is 0 Å². The lowest BCUT2D eigenvalue weighted by atomic mass is 9.90. The average Bonchev–Trinajstić information content (AvgIpc) is 2.45. The van der Waals surface area contributed by atoms with Crippen LogP contribution in [0.25, 0.3) is 0 Å². The van der Waals surface area contributed by atoms with Gasteiger partial charge >= 0.3 is 0 Å². The summed E-state index contributed by atoms with van der Waals surface area (Å²) in [7, 11) is 0. The van der Waals surface area contributed by atoms with Crippen LogP contribution in [0.4, 0.5) is 0 Å². The maximum atomic E-state index is 8.92. The minimum Gasteiger partial charge on any atom is -0.300 e. The Kier molecular flexibility index (Phi) is 4.16. The predicted molar refractivity (Wildman–Crippen MR) is 63.4 cm³/mol. The Morgan fingerprint density at radius 2 is 2.07 bits per heavy atom. The third-order valence-electron chi connectivity index (χ3n) is 3.46. The third-order valence-corrected chi connectivity index (χ3v) is 3.46. The molecule has 0 aromatic carbocycles. The van der Waals surface area contributed by atoms with Crippen LogP contribution in [0.5, 0.6) is 0 Å². The van der Waals surface area contributed by atoms with E-state index in [1.807, 2.05) is 13.8 Å². The molecule has 0 radical (unpaired) electrons. The van der Waals surface area contributed by atoms with E-state index in [0.29, 0.717) is 0 Å². The summed E-state index contributed by atoms with van der Waals surface area (Å²) in [6.07, 6.45) is 3.50. The Bertz CT molecular complexity index is 239. The molecule has 0 saturated carbocycles. The number of likely N-dealkylation sites (tertiary alicyclic amines) is 1. The molecular weight excluding hydrogens is 184 g/mol. The van der Waals surface area contributed by atoms with E-state index in [1.54, 1.807) is 0 Å². The smallest absolute Gasteiger partial charge is 0.0683 e. The highest BCUT2D eigenvalue weighted by Crippen LogP contribution is 2.25. The average molecular weight is 208 g/mol. The first-order chi connectivity index (χ1) is 6.94. The van der Waals surface area contributed by atoms with Gasteiger partial charge in [0.05, 0.1) is 11.5 Å². The van der Waals surface area contributed by atoms with Gasteiger partial charge in [0.15, 0.2) is 0 Å². The molecular formula is C13H24N2. The Morgan fingerprint density at radius 3 is 2.53 bits per heavy atom. The summed E-state index contributed by atoms with van der Waals surface area (Å²) < 4.78 is 0. The molecule has 0 spiro atoms. The van der Waals surface area contributed by atoms with E-state index in [-0.39, 0.29) is 5.41 Å². The lowest BCUT2D eigenvalue weighted by molar-refractivity contribution is 0.248. The van der Waals surface area contributed by atoms with E-state index >= 15 is 0 Å².